The van der Waals surface area contributed by atoms with Gasteiger partial charge in [0.15, 0.2) is 9.84 Å². The second-order valence-electron chi connectivity index (χ2n) is 3.37. The van der Waals surface area contributed by atoms with Crippen LogP contribution in [0.15, 0.2) is 34.1 Å². The Morgan fingerprint density at radius 2 is 1.88 bits per heavy atom. The van der Waals surface area contributed by atoms with E-state index in [1.807, 2.05) is 6.92 Å². The van der Waals surface area contributed by atoms with Crippen molar-refractivity contribution in [2.45, 2.75) is 23.1 Å². The molecule has 0 unspecified atom stereocenters. The highest BCUT2D eigenvalue weighted by molar-refractivity contribution is 7.99. The largest absolute Gasteiger partial charge is 0.481 e. The van der Waals surface area contributed by atoms with Gasteiger partial charge in [-0.15, -0.1) is 11.8 Å². The van der Waals surface area contributed by atoms with Gasteiger partial charge in [0.05, 0.1) is 17.1 Å². The average molecular weight is 274 g/mol. The molecule has 1 N–H and O–H groups in total. The average Bonchev–Trinajstić information content (AvgIpc) is 2.28. The lowest BCUT2D eigenvalue weighted by Gasteiger charge is -2.04. The topological polar surface area (TPSA) is 71.4 Å². The zero-order valence-electron chi connectivity index (χ0n) is 9.42. The number of rotatable bonds is 6. The first kappa shape index (κ1) is 14.1. The molecule has 6 heteroatoms. The number of benzene rings is 1. The van der Waals surface area contributed by atoms with Gasteiger partial charge in [-0.3, -0.25) is 4.79 Å². The van der Waals surface area contributed by atoms with E-state index in [1.165, 1.54) is 12.1 Å². The van der Waals surface area contributed by atoms with Crippen molar-refractivity contribution in [3.8, 4) is 0 Å². The van der Waals surface area contributed by atoms with Crippen LogP contribution in [0, 0.1) is 0 Å². The van der Waals surface area contributed by atoms with Crippen molar-refractivity contribution in [1.29, 1.82) is 0 Å². The number of thioether (sulfide) groups is 1. The highest BCUT2D eigenvalue weighted by Gasteiger charge is 2.15. The Morgan fingerprint density at radius 1 is 1.29 bits per heavy atom. The molecule has 4 nitrogen and oxygen atoms in total. The molecule has 0 heterocycles. The fourth-order valence-electron chi connectivity index (χ4n) is 1.25. The van der Waals surface area contributed by atoms with Crippen molar-refractivity contribution in [3.05, 3.63) is 24.3 Å². The van der Waals surface area contributed by atoms with Gasteiger partial charge in [0, 0.05) is 4.90 Å². The lowest BCUT2D eigenvalue weighted by molar-refractivity contribution is -0.136. The molecule has 0 fully saturated rings. The lowest BCUT2D eigenvalue weighted by Crippen LogP contribution is -2.10. The molecule has 0 saturated carbocycles. The standard InChI is InChI=1S/C11H14O4S2/c1-2-16-9-3-5-10(6-4-9)17(14,15)8-7-11(12)13/h3-6H,2,7-8H2,1H3,(H,12,13). The van der Waals surface area contributed by atoms with E-state index in [-0.39, 0.29) is 17.1 Å². The van der Waals surface area contributed by atoms with Crippen molar-refractivity contribution < 1.29 is 18.3 Å². The molecule has 0 atom stereocenters. The van der Waals surface area contributed by atoms with Crippen molar-refractivity contribution in [2.75, 3.05) is 11.5 Å². The first-order chi connectivity index (χ1) is 7.95. The minimum atomic E-state index is -3.48. The molecule has 1 rings (SSSR count). The third-order valence-corrected chi connectivity index (χ3v) is 4.70. The molecule has 0 saturated heterocycles. The molecule has 0 aromatic heterocycles. The number of carboxylic acid groups (broad SMARTS) is 1. The number of hydrogen-bond acceptors (Lipinski definition) is 4. The molecule has 0 aliphatic carbocycles. The Hall–Kier alpha value is -1.01. The van der Waals surface area contributed by atoms with E-state index in [1.54, 1.807) is 23.9 Å². The molecular formula is C11H14O4S2. The molecule has 94 valence electrons. The highest BCUT2D eigenvalue weighted by atomic mass is 32.2. The summed E-state index contributed by atoms with van der Waals surface area (Å²) in [4.78, 5) is 11.5. The van der Waals surface area contributed by atoms with Gasteiger partial charge in [-0.25, -0.2) is 8.42 Å². The quantitative estimate of drug-likeness (QED) is 0.804. The van der Waals surface area contributed by atoms with Crippen LogP contribution in [0.2, 0.25) is 0 Å². The third kappa shape index (κ3) is 4.40. The number of carbonyl (C=O) groups is 1. The minimum Gasteiger partial charge on any atom is -0.481 e. The molecule has 0 aliphatic rings. The van der Waals surface area contributed by atoms with E-state index < -0.39 is 15.8 Å². The molecule has 1 aromatic carbocycles. The predicted molar refractivity (Wildman–Crippen MR) is 67.1 cm³/mol. The van der Waals surface area contributed by atoms with Crippen molar-refractivity contribution in [3.63, 3.8) is 0 Å². The number of aliphatic carboxylic acids is 1. The molecule has 0 bridgehead atoms. The summed E-state index contributed by atoms with van der Waals surface area (Å²) >= 11 is 1.62. The Balaban J connectivity index is 2.81. The van der Waals surface area contributed by atoms with Gasteiger partial charge >= 0.3 is 5.97 Å². The second kappa shape index (κ2) is 6.07. The van der Waals surface area contributed by atoms with E-state index in [0.717, 1.165) is 10.6 Å². The summed E-state index contributed by atoms with van der Waals surface area (Å²) in [6, 6.07) is 6.52. The Bertz CT molecular complexity index is 477. The summed E-state index contributed by atoms with van der Waals surface area (Å²) in [7, 11) is -3.48. The summed E-state index contributed by atoms with van der Waals surface area (Å²) in [5.41, 5.74) is 0. The summed E-state index contributed by atoms with van der Waals surface area (Å²) in [6.45, 7) is 2.02. The molecule has 0 aliphatic heterocycles. The van der Waals surface area contributed by atoms with Crippen molar-refractivity contribution >= 4 is 27.6 Å². The Labute approximate surface area is 105 Å². The second-order valence-corrected chi connectivity index (χ2v) is 6.81. The first-order valence-corrected chi connectivity index (χ1v) is 7.77. The van der Waals surface area contributed by atoms with E-state index in [4.69, 9.17) is 5.11 Å². The zero-order valence-corrected chi connectivity index (χ0v) is 11.1. The van der Waals surface area contributed by atoms with E-state index >= 15 is 0 Å². The van der Waals surface area contributed by atoms with Crippen LogP contribution in [0.5, 0.6) is 0 Å². The normalized spacial score (nSPS) is 11.4. The van der Waals surface area contributed by atoms with Gasteiger partial charge in [0.2, 0.25) is 0 Å². The maximum atomic E-state index is 11.7. The number of carboxylic acids is 1. The minimum absolute atomic E-state index is 0.180. The van der Waals surface area contributed by atoms with Crippen LogP contribution >= 0.6 is 11.8 Å². The fourth-order valence-corrected chi connectivity index (χ4v) is 3.14. The Kier molecular flexibility index (Phi) is 5.02. The van der Waals surface area contributed by atoms with Gasteiger partial charge in [0.1, 0.15) is 0 Å². The summed E-state index contributed by atoms with van der Waals surface area (Å²) in [5, 5.41) is 8.47. The Morgan fingerprint density at radius 3 is 2.35 bits per heavy atom. The molecule has 0 amide bonds. The maximum Gasteiger partial charge on any atom is 0.304 e. The van der Waals surface area contributed by atoms with Gasteiger partial charge < -0.3 is 5.11 Å². The van der Waals surface area contributed by atoms with Crippen LogP contribution < -0.4 is 0 Å². The van der Waals surface area contributed by atoms with Crippen molar-refractivity contribution in [2.24, 2.45) is 0 Å². The third-order valence-electron chi connectivity index (χ3n) is 2.08. The van der Waals surface area contributed by atoms with Gasteiger partial charge in [-0.2, -0.15) is 0 Å². The van der Waals surface area contributed by atoms with Gasteiger partial charge in [-0.05, 0) is 30.0 Å². The van der Waals surface area contributed by atoms with Crippen LogP contribution in [0.3, 0.4) is 0 Å². The molecule has 0 spiro atoms. The predicted octanol–water partition coefficient (Wildman–Crippen LogP) is 2.05. The maximum absolute atomic E-state index is 11.7. The van der Waals surface area contributed by atoms with Gasteiger partial charge in [0.25, 0.3) is 0 Å². The SMILES string of the molecule is CCSc1ccc(S(=O)(=O)CCC(=O)O)cc1. The fraction of sp³-hybridized carbons (Fsp3) is 0.364. The monoisotopic (exact) mass is 274 g/mol. The zero-order chi connectivity index (χ0) is 12.9. The lowest BCUT2D eigenvalue weighted by atomic mass is 10.4. The van der Waals surface area contributed by atoms with E-state index in [0.29, 0.717) is 0 Å². The van der Waals surface area contributed by atoms with Crippen molar-refractivity contribution in [1.82, 2.24) is 0 Å². The number of sulfone groups is 1. The van der Waals surface area contributed by atoms with E-state index in [2.05, 4.69) is 0 Å². The van der Waals surface area contributed by atoms with Crippen LogP contribution in [0.4, 0.5) is 0 Å². The molecule has 1 aromatic rings. The van der Waals surface area contributed by atoms with E-state index in [9.17, 15) is 13.2 Å². The van der Waals surface area contributed by atoms with Crippen LogP contribution in [0.25, 0.3) is 0 Å². The summed E-state index contributed by atoms with van der Waals surface area (Å²) in [6.07, 6.45) is -0.367. The van der Waals surface area contributed by atoms with Crippen LogP contribution in [0.1, 0.15) is 13.3 Å². The van der Waals surface area contributed by atoms with Gasteiger partial charge in [-0.1, -0.05) is 6.92 Å². The molecule has 17 heavy (non-hydrogen) atoms. The molecular weight excluding hydrogens is 260 g/mol. The smallest absolute Gasteiger partial charge is 0.304 e. The van der Waals surface area contributed by atoms with Crippen LogP contribution in [-0.2, 0) is 14.6 Å². The highest BCUT2D eigenvalue weighted by Crippen LogP contribution is 2.20. The summed E-state index contributed by atoms with van der Waals surface area (Å²) < 4.78 is 23.5. The number of hydrogen-bond donors (Lipinski definition) is 1. The molecule has 0 radical (unpaired) electrons. The summed E-state index contributed by atoms with van der Waals surface area (Å²) in [5.74, 6) is -0.542. The van der Waals surface area contributed by atoms with Crippen LogP contribution in [-0.4, -0.2) is 31.0 Å². The first-order valence-electron chi connectivity index (χ1n) is 5.13.